The molecular formula is C16H20N2. The Morgan fingerprint density at radius 2 is 1.50 bits per heavy atom. The predicted molar refractivity (Wildman–Crippen MR) is 77.8 cm³/mol. The van der Waals surface area contributed by atoms with Crippen molar-refractivity contribution in [3.63, 3.8) is 0 Å². The number of benzene rings is 2. The van der Waals surface area contributed by atoms with Crippen molar-refractivity contribution in [1.82, 2.24) is 0 Å². The topological polar surface area (TPSA) is 29.3 Å². The summed E-state index contributed by atoms with van der Waals surface area (Å²) < 4.78 is 0. The van der Waals surface area contributed by atoms with Crippen LogP contribution in [0.25, 0.3) is 0 Å². The smallest absolute Gasteiger partial charge is 0.0364 e. The average molecular weight is 240 g/mol. The Morgan fingerprint density at radius 1 is 0.944 bits per heavy atom. The molecule has 0 aliphatic heterocycles. The monoisotopic (exact) mass is 240 g/mol. The second-order valence-corrected chi connectivity index (χ2v) is 4.67. The predicted octanol–water partition coefficient (Wildman–Crippen LogP) is 2.69. The summed E-state index contributed by atoms with van der Waals surface area (Å²) in [6.07, 6.45) is 0.915. The van der Waals surface area contributed by atoms with Gasteiger partial charge in [-0.2, -0.15) is 0 Å². The van der Waals surface area contributed by atoms with E-state index >= 15 is 0 Å². The van der Waals surface area contributed by atoms with Gasteiger partial charge in [-0.05, 0) is 24.1 Å². The molecule has 0 aliphatic rings. The van der Waals surface area contributed by atoms with E-state index in [4.69, 9.17) is 5.73 Å². The van der Waals surface area contributed by atoms with Gasteiger partial charge >= 0.3 is 0 Å². The summed E-state index contributed by atoms with van der Waals surface area (Å²) in [5.41, 5.74) is 8.71. The highest BCUT2D eigenvalue weighted by atomic mass is 15.1. The Hall–Kier alpha value is -1.80. The molecule has 0 saturated carbocycles. The van der Waals surface area contributed by atoms with Crippen LogP contribution in [0, 0.1) is 0 Å². The lowest BCUT2D eigenvalue weighted by atomic mass is 10.1. The molecule has 2 aromatic carbocycles. The Bertz CT molecular complexity index is 453. The van der Waals surface area contributed by atoms with E-state index < -0.39 is 0 Å². The van der Waals surface area contributed by atoms with Crippen LogP contribution in [0.4, 0.5) is 5.69 Å². The van der Waals surface area contributed by atoms with Gasteiger partial charge in [-0.25, -0.2) is 0 Å². The first-order valence-corrected chi connectivity index (χ1v) is 6.31. The molecule has 94 valence electrons. The first-order chi connectivity index (χ1) is 8.75. The van der Waals surface area contributed by atoms with Crippen molar-refractivity contribution < 1.29 is 0 Å². The van der Waals surface area contributed by atoms with Gasteiger partial charge in [-0.3, -0.25) is 0 Å². The zero-order valence-electron chi connectivity index (χ0n) is 10.8. The number of para-hydroxylation sites is 1. The Balaban J connectivity index is 1.90. The van der Waals surface area contributed by atoms with Crippen LogP contribution in [-0.4, -0.2) is 19.6 Å². The molecule has 2 aromatic rings. The first-order valence-electron chi connectivity index (χ1n) is 6.31. The zero-order chi connectivity index (χ0) is 12.8. The Morgan fingerprint density at radius 3 is 2.11 bits per heavy atom. The molecular weight excluding hydrogens is 220 g/mol. The molecule has 0 radical (unpaired) electrons. The molecule has 18 heavy (non-hydrogen) atoms. The van der Waals surface area contributed by atoms with Crippen molar-refractivity contribution in [1.29, 1.82) is 0 Å². The molecule has 0 aliphatic carbocycles. The fourth-order valence-electron chi connectivity index (χ4n) is 2.12. The fourth-order valence-corrected chi connectivity index (χ4v) is 2.12. The number of anilines is 1. The Labute approximate surface area is 109 Å². The van der Waals surface area contributed by atoms with Crippen LogP contribution in [0.15, 0.2) is 60.7 Å². The van der Waals surface area contributed by atoms with Crippen molar-refractivity contribution in [3.05, 3.63) is 66.2 Å². The zero-order valence-corrected chi connectivity index (χ0v) is 10.8. The van der Waals surface area contributed by atoms with E-state index in [9.17, 15) is 0 Å². The Kier molecular flexibility index (Phi) is 4.37. The summed E-state index contributed by atoms with van der Waals surface area (Å²) in [4.78, 5) is 2.20. The number of nitrogens with two attached hydrogens (primary N) is 1. The van der Waals surface area contributed by atoms with Crippen molar-refractivity contribution >= 4 is 5.69 Å². The standard InChI is InChI=1S/C16H20N2/c1-18(16-10-6-3-7-11-16)13-15(17)12-14-8-4-2-5-9-14/h2-11,15H,12-13,17H2,1H3. The number of likely N-dealkylation sites (N-methyl/N-ethyl adjacent to an activating group) is 1. The molecule has 0 heterocycles. The summed E-state index contributed by atoms with van der Waals surface area (Å²) in [6.45, 7) is 0.860. The molecule has 1 unspecified atom stereocenters. The lowest BCUT2D eigenvalue weighted by Crippen LogP contribution is -2.36. The van der Waals surface area contributed by atoms with E-state index in [1.165, 1.54) is 11.3 Å². The molecule has 1 atom stereocenters. The number of hydrogen-bond acceptors (Lipinski definition) is 2. The van der Waals surface area contributed by atoms with Crippen molar-refractivity contribution in [3.8, 4) is 0 Å². The largest absolute Gasteiger partial charge is 0.373 e. The van der Waals surface area contributed by atoms with Gasteiger partial charge < -0.3 is 10.6 Å². The van der Waals surface area contributed by atoms with Gasteiger partial charge in [-0.1, -0.05) is 48.5 Å². The number of hydrogen-bond donors (Lipinski definition) is 1. The summed E-state index contributed by atoms with van der Waals surface area (Å²) in [6, 6.07) is 20.9. The van der Waals surface area contributed by atoms with E-state index in [-0.39, 0.29) is 6.04 Å². The molecule has 0 spiro atoms. The van der Waals surface area contributed by atoms with Crippen molar-refractivity contribution in [2.24, 2.45) is 5.73 Å². The van der Waals surface area contributed by atoms with Crippen LogP contribution in [-0.2, 0) is 6.42 Å². The number of nitrogens with zero attached hydrogens (tertiary/aromatic N) is 1. The van der Waals surface area contributed by atoms with E-state index in [1.54, 1.807) is 0 Å². The molecule has 2 nitrogen and oxygen atoms in total. The minimum Gasteiger partial charge on any atom is -0.373 e. The summed E-state index contributed by atoms with van der Waals surface area (Å²) >= 11 is 0. The minimum absolute atomic E-state index is 0.151. The van der Waals surface area contributed by atoms with Gasteiger partial charge in [0, 0.05) is 25.3 Å². The molecule has 2 rings (SSSR count). The van der Waals surface area contributed by atoms with Gasteiger partial charge in [0.1, 0.15) is 0 Å². The van der Waals surface area contributed by atoms with Gasteiger partial charge in [0.25, 0.3) is 0 Å². The molecule has 2 heteroatoms. The number of rotatable bonds is 5. The van der Waals surface area contributed by atoms with Gasteiger partial charge in [0.2, 0.25) is 0 Å². The van der Waals surface area contributed by atoms with Crippen LogP contribution >= 0.6 is 0 Å². The molecule has 0 saturated heterocycles. The third kappa shape index (κ3) is 3.60. The van der Waals surface area contributed by atoms with Gasteiger partial charge in [-0.15, -0.1) is 0 Å². The van der Waals surface area contributed by atoms with Gasteiger partial charge in [0.05, 0.1) is 0 Å². The quantitative estimate of drug-likeness (QED) is 0.870. The van der Waals surface area contributed by atoms with Crippen LogP contribution in [0.3, 0.4) is 0 Å². The highest BCUT2D eigenvalue weighted by Crippen LogP contribution is 2.12. The highest BCUT2D eigenvalue weighted by Gasteiger charge is 2.08. The molecule has 2 N–H and O–H groups in total. The lowest BCUT2D eigenvalue weighted by Gasteiger charge is -2.23. The average Bonchev–Trinajstić information content (AvgIpc) is 2.40. The lowest BCUT2D eigenvalue weighted by molar-refractivity contribution is 0.655. The summed E-state index contributed by atoms with van der Waals surface area (Å²) in [7, 11) is 2.08. The van der Waals surface area contributed by atoms with Crippen LogP contribution in [0.5, 0.6) is 0 Å². The third-order valence-corrected chi connectivity index (χ3v) is 3.05. The minimum atomic E-state index is 0.151. The van der Waals surface area contributed by atoms with Crippen molar-refractivity contribution in [2.45, 2.75) is 12.5 Å². The van der Waals surface area contributed by atoms with E-state index in [0.29, 0.717) is 0 Å². The second-order valence-electron chi connectivity index (χ2n) is 4.67. The maximum absolute atomic E-state index is 6.20. The fraction of sp³-hybridized carbons (Fsp3) is 0.250. The van der Waals surface area contributed by atoms with E-state index in [1.807, 2.05) is 12.1 Å². The van der Waals surface area contributed by atoms with E-state index in [0.717, 1.165) is 13.0 Å². The maximum atomic E-state index is 6.20. The van der Waals surface area contributed by atoms with Gasteiger partial charge in [0.15, 0.2) is 0 Å². The summed E-state index contributed by atoms with van der Waals surface area (Å²) in [5.74, 6) is 0. The first kappa shape index (κ1) is 12.7. The maximum Gasteiger partial charge on any atom is 0.0364 e. The SMILES string of the molecule is CN(CC(N)Cc1ccccc1)c1ccccc1. The van der Waals surface area contributed by atoms with Crippen LogP contribution < -0.4 is 10.6 Å². The third-order valence-electron chi connectivity index (χ3n) is 3.05. The van der Waals surface area contributed by atoms with Crippen molar-refractivity contribution in [2.75, 3.05) is 18.5 Å². The second kappa shape index (κ2) is 6.22. The van der Waals surface area contributed by atoms with Crippen LogP contribution in [0.2, 0.25) is 0 Å². The molecule has 0 aromatic heterocycles. The van der Waals surface area contributed by atoms with Crippen LogP contribution in [0.1, 0.15) is 5.56 Å². The normalized spacial score (nSPS) is 12.1. The molecule has 0 fully saturated rings. The molecule has 0 bridgehead atoms. The molecule has 0 amide bonds. The highest BCUT2D eigenvalue weighted by molar-refractivity contribution is 5.45. The van der Waals surface area contributed by atoms with E-state index in [2.05, 4.69) is 60.5 Å². The summed E-state index contributed by atoms with van der Waals surface area (Å²) in [5, 5.41) is 0.